The Hall–Kier alpha value is -2.95. The molecule has 0 fully saturated rings. The Bertz CT molecular complexity index is 876. The largest absolute Gasteiger partial charge is 0.456 e. The summed E-state index contributed by atoms with van der Waals surface area (Å²) in [4.78, 5) is 36.3. The summed E-state index contributed by atoms with van der Waals surface area (Å²) >= 11 is 0. The molecule has 0 saturated carbocycles. The molecular formula is C24H27NO4. The lowest BCUT2D eigenvalue weighted by Crippen LogP contribution is -2.31. The second-order valence-corrected chi connectivity index (χ2v) is 7.47. The van der Waals surface area contributed by atoms with Crippen LogP contribution >= 0.6 is 0 Å². The van der Waals surface area contributed by atoms with Gasteiger partial charge in [-0.1, -0.05) is 42.5 Å². The van der Waals surface area contributed by atoms with Gasteiger partial charge in [0.1, 0.15) is 0 Å². The summed E-state index contributed by atoms with van der Waals surface area (Å²) in [6, 6.07) is 15.2. The van der Waals surface area contributed by atoms with E-state index in [-0.39, 0.29) is 37.2 Å². The van der Waals surface area contributed by atoms with E-state index in [0.29, 0.717) is 5.56 Å². The number of esters is 1. The Morgan fingerprint density at radius 2 is 1.69 bits per heavy atom. The van der Waals surface area contributed by atoms with Gasteiger partial charge in [-0.3, -0.25) is 14.4 Å². The van der Waals surface area contributed by atoms with Gasteiger partial charge in [-0.2, -0.15) is 0 Å². The standard InChI is InChI=1S/C24H27NO4/c1-17(18-7-3-2-4-8-18)25-23(27)16-29-24(28)14-13-22(26)21-12-11-19-9-5-6-10-20(19)15-21/h2-4,7-8,11-12,15,17H,5-6,9-10,13-14,16H2,1H3,(H,25,27)/t17-/m1/s1. The Morgan fingerprint density at radius 3 is 2.45 bits per heavy atom. The van der Waals surface area contributed by atoms with Crippen molar-refractivity contribution >= 4 is 17.7 Å². The first-order valence-corrected chi connectivity index (χ1v) is 10.2. The van der Waals surface area contributed by atoms with Crippen LogP contribution in [0.3, 0.4) is 0 Å². The number of carbonyl (C=O) groups is 3. The number of aryl methyl sites for hydroxylation is 2. The first kappa shape index (κ1) is 20.8. The molecule has 1 N–H and O–H groups in total. The fourth-order valence-corrected chi connectivity index (χ4v) is 3.59. The SMILES string of the molecule is C[C@@H](NC(=O)COC(=O)CCC(=O)c1ccc2c(c1)CCCC2)c1ccccc1. The van der Waals surface area contributed by atoms with E-state index < -0.39 is 5.97 Å². The van der Waals surface area contributed by atoms with Gasteiger partial charge in [0.2, 0.25) is 0 Å². The predicted octanol–water partition coefficient (Wildman–Crippen LogP) is 3.95. The maximum Gasteiger partial charge on any atom is 0.306 e. The topological polar surface area (TPSA) is 72.5 Å². The van der Waals surface area contributed by atoms with E-state index in [9.17, 15) is 14.4 Å². The average Bonchev–Trinajstić information content (AvgIpc) is 2.76. The van der Waals surface area contributed by atoms with Crippen molar-refractivity contribution in [1.29, 1.82) is 0 Å². The number of rotatable bonds is 8. The van der Waals surface area contributed by atoms with Crippen LogP contribution in [0, 0.1) is 0 Å². The summed E-state index contributed by atoms with van der Waals surface area (Å²) < 4.78 is 5.01. The van der Waals surface area contributed by atoms with Crippen LogP contribution in [0.25, 0.3) is 0 Å². The van der Waals surface area contributed by atoms with Crippen molar-refractivity contribution < 1.29 is 19.1 Å². The van der Waals surface area contributed by atoms with Gasteiger partial charge >= 0.3 is 5.97 Å². The number of nitrogens with one attached hydrogen (secondary N) is 1. The maximum atomic E-state index is 12.4. The molecule has 2 aromatic rings. The van der Waals surface area contributed by atoms with Crippen LogP contribution in [0.5, 0.6) is 0 Å². The summed E-state index contributed by atoms with van der Waals surface area (Å²) in [6.07, 6.45) is 4.49. The molecule has 0 bridgehead atoms. The van der Waals surface area contributed by atoms with Gasteiger partial charge in [-0.25, -0.2) is 0 Å². The van der Waals surface area contributed by atoms with Crippen molar-refractivity contribution in [1.82, 2.24) is 5.32 Å². The van der Waals surface area contributed by atoms with E-state index in [2.05, 4.69) is 5.32 Å². The van der Waals surface area contributed by atoms with E-state index in [1.54, 1.807) is 0 Å². The van der Waals surface area contributed by atoms with Crippen molar-refractivity contribution in [2.75, 3.05) is 6.61 Å². The zero-order chi connectivity index (χ0) is 20.6. The van der Waals surface area contributed by atoms with Crippen molar-refractivity contribution in [2.24, 2.45) is 0 Å². The first-order valence-electron chi connectivity index (χ1n) is 10.2. The maximum absolute atomic E-state index is 12.4. The smallest absolute Gasteiger partial charge is 0.306 e. The van der Waals surface area contributed by atoms with Gasteiger partial charge in [0.15, 0.2) is 12.4 Å². The predicted molar refractivity (Wildman–Crippen MR) is 111 cm³/mol. The highest BCUT2D eigenvalue weighted by atomic mass is 16.5. The van der Waals surface area contributed by atoms with Crippen LogP contribution in [0.2, 0.25) is 0 Å². The number of hydrogen-bond donors (Lipinski definition) is 1. The molecule has 3 rings (SSSR count). The number of Topliss-reactive ketones (excluding diaryl/α,β-unsaturated/α-hetero) is 1. The van der Waals surface area contributed by atoms with Crippen LogP contribution in [-0.4, -0.2) is 24.3 Å². The number of ether oxygens (including phenoxy) is 1. The second kappa shape index (κ2) is 10.0. The number of benzene rings is 2. The Morgan fingerprint density at radius 1 is 0.966 bits per heavy atom. The Labute approximate surface area is 171 Å². The monoisotopic (exact) mass is 393 g/mol. The summed E-state index contributed by atoms with van der Waals surface area (Å²) in [5.74, 6) is -0.980. The van der Waals surface area contributed by atoms with E-state index in [4.69, 9.17) is 4.74 Å². The number of ketones is 1. The second-order valence-electron chi connectivity index (χ2n) is 7.47. The molecule has 1 aliphatic rings. The molecule has 0 aromatic heterocycles. The summed E-state index contributed by atoms with van der Waals surface area (Å²) in [5, 5.41) is 2.79. The number of hydrogen-bond acceptors (Lipinski definition) is 4. The third kappa shape index (κ3) is 6.01. The molecule has 1 aliphatic carbocycles. The molecule has 152 valence electrons. The average molecular weight is 393 g/mol. The van der Waals surface area contributed by atoms with Gasteiger partial charge in [0.05, 0.1) is 12.5 Å². The van der Waals surface area contributed by atoms with E-state index >= 15 is 0 Å². The molecule has 29 heavy (non-hydrogen) atoms. The summed E-state index contributed by atoms with van der Waals surface area (Å²) in [7, 11) is 0. The van der Waals surface area contributed by atoms with Crippen LogP contribution in [0.4, 0.5) is 0 Å². The third-order valence-electron chi connectivity index (χ3n) is 5.27. The minimum absolute atomic E-state index is 0.0303. The first-order chi connectivity index (χ1) is 14.0. The molecule has 1 atom stereocenters. The highest BCUT2D eigenvalue weighted by Crippen LogP contribution is 2.23. The van der Waals surface area contributed by atoms with Crippen molar-refractivity contribution in [2.45, 2.75) is 51.5 Å². The van der Waals surface area contributed by atoms with Crippen LogP contribution in [-0.2, 0) is 27.2 Å². The number of fused-ring (bicyclic) bond motifs is 1. The molecule has 0 radical (unpaired) electrons. The molecule has 0 aliphatic heterocycles. The van der Waals surface area contributed by atoms with Crippen molar-refractivity contribution in [3.05, 3.63) is 70.8 Å². The Kier molecular flexibility index (Phi) is 7.17. The summed E-state index contributed by atoms with van der Waals surface area (Å²) in [6.45, 7) is 1.52. The van der Waals surface area contributed by atoms with Gasteiger partial charge in [-0.05, 0) is 55.4 Å². The van der Waals surface area contributed by atoms with Crippen LogP contribution in [0.15, 0.2) is 48.5 Å². The molecule has 0 saturated heterocycles. The molecular weight excluding hydrogens is 366 g/mol. The minimum atomic E-state index is -0.543. The highest BCUT2D eigenvalue weighted by molar-refractivity contribution is 5.97. The van der Waals surface area contributed by atoms with Crippen LogP contribution in [0.1, 0.15) is 65.7 Å². The van der Waals surface area contributed by atoms with Crippen molar-refractivity contribution in [3.63, 3.8) is 0 Å². The molecule has 1 amide bonds. The lowest BCUT2D eigenvalue weighted by Gasteiger charge is -2.16. The van der Waals surface area contributed by atoms with Gasteiger partial charge < -0.3 is 10.1 Å². The molecule has 0 heterocycles. The lowest BCUT2D eigenvalue weighted by atomic mass is 9.89. The van der Waals surface area contributed by atoms with E-state index in [1.807, 2.05) is 55.5 Å². The molecule has 5 nitrogen and oxygen atoms in total. The normalized spacial score (nSPS) is 13.8. The lowest BCUT2D eigenvalue weighted by molar-refractivity contribution is -0.148. The van der Waals surface area contributed by atoms with Gasteiger partial charge in [-0.15, -0.1) is 0 Å². The quantitative estimate of drug-likeness (QED) is 0.544. The fourth-order valence-electron chi connectivity index (χ4n) is 3.59. The number of amides is 1. The molecule has 0 spiro atoms. The highest BCUT2D eigenvalue weighted by Gasteiger charge is 2.16. The Balaban J connectivity index is 1.40. The zero-order valence-electron chi connectivity index (χ0n) is 16.8. The minimum Gasteiger partial charge on any atom is -0.456 e. The summed E-state index contributed by atoms with van der Waals surface area (Å²) in [5.41, 5.74) is 4.19. The zero-order valence-corrected chi connectivity index (χ0v) is 16.8. The molecule has 5 heteroatoms. The van der Waals surface area contributed by atoms with E-state index in [0.717, 1.165) is 24.8 Å². The molecule has 0 unspecified atom stereocenters. The third-order valence-corrected chi connectivity index (χ3v) is 5.27. The molecule has 2 aromatic carbocycles. The van der Waals surface area contributed by atoms with Gasteiger partial charge in [0, 0.05) is 12.0 Å². The van der Waals surface area contributed by atoms with Crippen molar-refractivity contribution in [3.8, 4) is 0 Å². The van der Waals surface area contributed by atoms with Gasteiger partial charge in [0.25, 0.3) is 5.91 Å². The number of carbonyl (C=O) groups excluding carboxylic acids is 3. The van der Waals surface area contributed by atoms with Crippen LogP contribution < -0.4 is 5.32 Å². The fraction of sp³-hybridized carbons (Fsp3) is 0.375. The van der Waals surface area contributed by atoms with E-state index in [1.165, 1.54) is 17.5 Å².